The fourth-order valence-electron chi connectivity index (χ4n) is 6.22. The van der Waals surface area contributed by atoms with Crippen LogP contribution in [0.5, 0.6) is 0 Å². The number of hydrogen-bond donors (Lipinski definition) is 0. The number of nitrogens with zero attached hydrogens (tertiary/aromatic N) is 3. The average molecular weight is 850 g/mol. The predicted octanol–water partition coefficient (Wildman–Crippen LogP) is 12.3. The van der Waals surface area contributed by atoms with Gasteiger partial charge in [-0.15, -0.1) is 65.7 Å². The Hall–Kier alpha value is -5.54. The molecule has 4 heteroatoms. The third kappa shape index (κ3) is 8.32. The molecule has 52 heavy (non-hydrogen) atoms. The monoisotopic (exact) mass is 850 g/mol. The molecule has 3 nitrogen and oxygen atoms in total. The van der Waals surface area contributed by atoms with Crippen molar-refractivity contribution in [3.05, 3.63) is 188 Å². The number of pyridine rings is 3. The first-order valence-corrected chi connectivity index (χ1v) is 17.2. The molecule has 5 aromatic carbocycles. The molecule has 0 aliphatic rings. The van der Waals surface area contributed by atoms with Crippen molar-refractivity contribution in [2.24, 2.45) is 0 Å². The van der Waals surface area contributed by atoms with Gasteiger partial charge < -0.3 is 9.97 Å². The van der Waals surface area contributed by atoms with Gasteiger partial charge in [0.2, 0.25) is 0 Å². The first-order valence-electron chi connectivity index (χ1n) is 17.2. The molecule has 0 saturated carbocycles. The van der Waals surface area contributed by atoms with E-state index in [1.807, 2.05) is 55.1 Å². The fourth-order valence-corrected chi connectivity index (χ4v) is 6.22. The molecule has 0 saturated heterocycles. The minimum absolute atomic E-state index is 0. The smallest absolute Gasteiger partial charge is 0.0352 e. The summed E-state index contributed by atoms with van der Waals surface area (Å²) in [6.07, 6.45) is 7.56. The van der Waals surface area contributed by atoms with E-state index in [9.17, 15) is 0 Å². The molecule has 0 bridgehead atoms. The molecule has 3 aromatic heterocycles. The summed E-state index contributed by atoms with van der Waals surface area (Å²) in [5, 5.41) is 2.32. The van der Waals surface area contributed by atoms with Crippen molar-refractivity contribution in [1.82, 2.24) is 15.0 Å². The maximum Gasteiger partial charge on any atom is 0.0352 e. The molecule has 0 atom stereocenters. The molecule has 0 unspecified atom stereocenters. The topological polar surface area (TPSA) is 38.7 Å². The molecule has 3 heterocycles. The third-order valence-electron chi connectivity index (χ3n) is 9.02. The summed E-state index contributed by atoms with van der Waals surface area (Å²) in [6.45, 7) is 8.73. The van der Waals surface area contributed by atoms with E-state index in [0.29, 0.717) is 0 Å². The zero-order chi connectivity index (χ0) is 35.2. The van der Waals surface area contributed by atoms with Crippen LogP contribution in [0.3, 0.4) is 0 Å². The zero-order valence-electron chi connectivity index (χ0n) is 29.8. The SMILES string of the molecule is CC(C)(C)c1ccnc(-c2[c-]cc(-c3ccc(-c4cccc(-c5ccccc5)c4)c4cnccc34)cc2)c1.Cc1ccnc(-c2[c-]cccc2)c1.[Ir]. The van der Waals surface area contributed by atoms with Crippen LogP contribution in [0.15, 0.2) is 164 Å². The molecule has 8 rings (SSSR count). The minimum atomic E-state index is 0. The number of aromatic nitrogens is 3. The molecule has 0 N–H and O–H groups in total. The number of rotatable bonds is 5. The van der Waals surface area contributed by atoms with Crippen LogP contribution in [-0.4, -0.2) is 15.0 Å². The fraction of sp³-hybridized carbons (Fsp3) is 0.104. The van der Waals surface area contributed by atoms with E-state index >= 15 is 0 Å². The van der Waals surface area contributed by atoms with Crippen LogP contribution in [0.4, 0.5) is 0 Å². The van der Waals surface area contributed by atoms with Crippen molar-refractivity contribution < 1.29 is 20.1 Å². The Morgan fingerprint density at radius 1 is 0.519 bits per heavy atom. The van der Waals surface area contributed by atoms with Gasteiger partial charge in [-0.1, -0.05) is 110 Å². The molecule has 0 aliphatic heterocycles. The molecule has 1 radical (unpaired) electrons. The maximum atomic E-state index is 4.61. The van der Waals surface area contributed by atoms with E-state index in [-0.39, 0.29) is 25.5 Å². The molecule has 0 fully saturated rings. The predicted molar refractivity (Wildman–Crippen MR) is 212 cm³/mol. The number of hydrogen-bond acceptors (Lipinski definition) is 3. The first kappa shape index (κ1) is 36.3. The Kier molecular flexibility index (Phi) is 11.3. The van der Waals surface area contributed by atoms with Gasteiger partial charge >= 0.3 is 0 Å². The number of aryl methyl sites for hydroxylation is 1. The van der Waals surface area contributed by atoms with Gasteiger partial charge in [-0.3, -0.25) is 4.98 Å². The third-order valence-corrected chi connectivity index (χ3v) is 9.02. The van der Waals surface area contributed by atoms with Crippen LogP contribution in [0.2, 0.25) is 0 Å². The van der Waals surface area contributed by atoms with Crippen molar-refractivity contribution >= 4 is 10.8 Å². The summed E-state index contributed by atoms with van der Waals surface area (Å²) in [4.78, 5) is 13.4. The van der Waals surface area contributed by atoms with Gasteiger partial charge in [-0.05, 0) is 81.2 Å². The summed E-state index contributed by atoms with van der Waals surface area (Å²) >= 11 is 0. The summed E-state index contributed by atoms with van der Waals surface area (Å²) in [5.41, 5.74) is 13.6. The Bertz CT molecular complexity index is 2400. The molecule has 8 aromatic rings. The standard InChI is InChI=1S/C36H29N2.C12H10N.Ir/c1-36(2,3)30-18-21-38-35(23-30)27-14-12-26(13-15-27)31-16-17-32(34-24-37-20-19-33(31)34)29-11-7-10-28(22-29)25-8-5-4-6-9-25;1-10-7-8-13-12(9-10)11-5-3-2-4-6-11;/h4-14,16-24H,1-3H3;2-5,7-9H,1H3;/q2*-1;. The van der Waals surface area contributed by atoms with Crippen molar-refractivity contribution in [3.63, 3.8) is 0 Å². The Morgan fingerprint density at radius 3 is 1.92 bits per heavy atom. The second-order valence-electron chi connectivity index (χ2n) is 13.7. The van der Waals surface area contributed by atoms with Crippen molar-refractivity contribution in [3.8, 4) is 55.9 Å². The van der Waals surface area contributed by atoms with E-state index in [1.165, 1.54) is 44.3 Å². The van der Waals surface area contributed by atoms with E-state index in [2.05, 4.69) is 164 Å². The quantitative estimate of drug-likeness (QED) is 0.162. The second kappa shape index (κ2) is 16.2. The van der Waals surface area contributed by atoms with Crippen LogP contribution >= 0.6 is 0 Å². The van der Waals surface area contributed by atoms with Gasteiger partial charge in [0.1, 0.15) is 0 Å². The zero-order valence-corrected chi connectivity index (χ0v) is 32.2. The second-order valence-corrected chi connectivity index (χ2v) is 13.7. The van der Waals surface area contributed by atoms with E-state index < -0.39 is 0 Å². The van der Waals surface area contributed by atoms with Gasteiger partial charge in [0.25, 0.3) is 0 Å². The van der Waals surface area contributed by atoms with Crippen molar-refractivity contribution in [1.29, 1.82) is 0 Å². The number of fused-ring (bicyclic) bond motifs is 1. The first-order chi connectivity index (χ1) is 24.8. The van der Waals surface area contributed by atoms with Gasteiger partial charge in [0.05, 0.1) is 0 Å². The normalized spacial score (nSPS) is 10.9. The van der Waals surface area contributed by atoms with Gasteiger partial charge in [-0.25, -0.2) is 0 Å². The Labute approximate surface area is 320 Å². The summed E-state index contributed by atoms with van der Waals surface area (Å²) in [7, 11) is 0. The van der Waals surface area contributed by atoms with Crippen LogP contribution < -0.4 is 0 Å². The Morgan fingerprint density at radius 2 is 1.21 bits per heavy atom. The summed E-state index contributed by atoms with van der Waals surface area (Å²) < 4.78 is 0. The minimum Gasteiger partial charge on any atom is -0.305 e. The summed E-state index contributed by atoms with van der Waals surface area (Å²) in [5.74, 6) is 0. The van der Waals surface area contributed by atoms with Crippen LogP contribution in [0, 0.1) is 19.1 Å². The number of benzene rings is 5. The van der Waals surface area contributed by atoms with E-state index in [1.54, 1.807) is 0 Å². The van der Waals surface area contributed by atoms with Crippen molar-refractivity contribution in [2.45, 2.75) is 33.1 Å². The molecular formula is C48H39IrN3-2. The van der Waals surface area contributed by atoms with Gasteiger partial charge in [-0.2, -0.15) is 0 Å². The van der Waals surface area contributed by atoms with Crippen LogP contribution in [-0.2, 0) is 25.5 Å². The average Bonchev–Trinajstić information content (AvgIpc) is 3.18. The molecule has 257 valence electrons. The van der Waals surface area contributed by atoms with E-state index in [0.717, 1.165) is 33.5 Å². The van der Waals surface area contributed by atoms with Gasteiger partial charge in [0.15, 0.2) is 0 Å². The molecule has 0 aliphatic carbocycles. The van der Waals surface area contributed by atoms with E-state index in [4.69, 9.17) is 0 Å². The molecular weight excluding hydrogens is 811 g/mol. The maximum absolute atomic E-state index is 4.61. The Balaban J connectivity index is 0.000000279. The largest absolute Gasteiger partial charge is 0.305 e. The van der Waals surface area contributed by atoms with Crippen LogP contribution in [0.1, 0.15) is 31.9 Å². The summed E-state index contributed by atoms with van der Waals surface area (Å²) in [6, 6.07) is 55.0. The van der Waals surface area contributed by atoms with Gasteiger partial charge in [0, 0.05) is 50.3 Å². The molecule has 0 amide bonds. The van der Waals surface area contributed by atoms with Crippen molar-refractivity contribution in [2.75, 3.05) is 0 Å². The molecule has 0 spiro atoms. The van der Waals surface area contributed by atoms with Crippen LogP contribution in [0.25, 0.3) is 66.7 Å².